The Morgan fingerprint density at radius 3 is 2.95 bits per heavy atom. The molecule has 2 heterocycles. The van der Waals surface area contributed by atoms with Gasteiger partial charge in [-0.15, -0.1) is 0 Å². The zero-order valence-electron chi connectivity index (χ0n) is 12.1. The lowest BCUT2D eigenvalue weighted by Crippen LogP contribution is -2.48. The van der Waals surface area contributed by atoms with Gasteiger partial charge in [0.1, 0.15) is 0 Å². The molecule has 0 saturated carbocycles. The van der Waals surface area contributed by atoms with Gasteiger partial charge in [-0.25, -0.2) is 0 Å². The van der Waals surface area contributed by atoms with Crippen LogP contribution in [0.2, 0.25) is 0 Å². The van der Waals surface area contributed by atoms with E-state index in [-0.39, 0.29) is 17.4 Å². The first kappa shape index (κ1) is 14.8. The van der Waals surface area contributed by atoms with Gasteiger partial charge in [0.25, 0.3) is 0 Å². The highest BCUT2D eigenvalue weighted by Crippen LogP contribution is 2.28. The number of hydrogen-bond acceptors (Lipinski definition) is 4. The molecule has 0 aromatic rings. The molecule has 2 aliphatic heterocycles. The second-order valence-corrected chi connectivity index (χ2v) is 5.81. The van der Waals surface area contributed by atoms with Gasteiger partial charge in [0.15, 0.2) is 0 Å². The summed E-state index contributed by atoms with van der Waals surface area (Å²) in [4.78, 5) is 14.5. The second-order valence-electron chi connectivity index (χ2n) is 5.81. The molecule has 1 amide bonds. The van der Waals surface area contributed by atoms with Crippen LogP contribution in [0.4, 0.5) is 0 Å². The lowest BCUT2D eigenvalue weighted by Gasteiger charge is -2.34. The molecule has 0 bridgehead atoms. The fourth-order valence-electron chi connectivity index (χ4n) is 3.13. The van der Waals surface area contributed by atoms with E-state index in [9.17, 15) is 4.79 Å². The standard InChI is InChI=1S/C14H26N2O3/c1-16(9-12-5-3-4-8-19-12)13(17)14(11-18-2)6-7-15-10-14/h12,15H,3-11H2,1-2H3. The van der Waals surface area contributed by atoms with Crippen molar-refractivity contribution in [3.8, 4) is 0 Å². The minimum Gasteiger partial charge on any atom is -0.384 e. The van der Waals surface area contributed by atoms with Crippen LogP contribution in [0.25, 0.3) is 0 Å². The Labute approximate surface area is 115 Å². The maximum atomic E-state index is 12.7. The van der Waals surface area contributed by atoms with E-state index in [0.29, 0.717) is 13.2 Å². The Morgan fingerprint density at radius 2 is 2.37 bits per heavy atom. The summed E-state index contributed by atoms with van der Waals surface area (Å²) >= 11 is 0. The van der Waals surface area contributed by atoms with E-state index in [1.54, 1.807) is 7.11 Å². The first-order valence-corrected chi connectivity index (χ1v) is 7.25. The molecule has 2 aliphatic rings. The van der Waals surface area contributed by atoms with Crippen molar-refractivity contribution < 1.29 is 14.3 Å². The van der Waals surface area contributed by atoms with Crippen molar-refractivity contribution >= 4 is 5.91 Å². The monoisotopic (exact) mass is 270 g/mol. The predicted octanol–water partition coefficient (Wildman–Crippen LogP) is 0.640. The molecule has 2 saturated heterocycles. The first-order chi connectivity index (χ1) is 9.18. The van der Waals surface area contributed by atoms with Crippen molar-refractivity contribution in [2.75, 3.05) is 47.0 Å². The quantitative estimate of drug-likeness (QED) is 0.796. The second kappa shape index (κ2) is 6.68. The van der Waals surface area contributed by atoms with Gasteiger partial charge >= 0.3 is 0 Å². The van der Waals surface area contributed by atoms with Crippen molar-refractivity contribution in [3.63, 3.8) is 0 Å². The highest BCUT2D eigenvalue weighted by atomic mass is 16.5. The maximum absolute atomic E-state index is 12.7. The third kappa shape index (κ3) is 3.46. The Kier molecular flexibility index (Phi) is 5.19. The number of methoxy groups -OCH3 is 1. The molecule has 0 aromatic carbocycles. The fraction of sp³-hybridized carbons (Fsp3) is 0.929. The zero-order chi connectivity index (χ0) is 13.7. The van der Waals surface area contributed by atoms with Crippen LogP contribution >= 0.6 is 0 Å². The van der Waals surface area contributed by atoms with Gasteiger partial charge in [0.2, 0.25) is 5.91 Å². The van der Waals surface area contributed by atoms with Crippen LogP contribution in [-0.4, -0.2) is 63.9 Å². The van der Waals surface area contributed by atoms with Crippen molar-refractivity contribution in [2.24, 2.45) is 5.41 Å². The summed E-state index contributed by atoms with van der Waals surface area (Å²) in [5.41, 5.74) is -0.377. The molecule has 0 aromatic heterocycles. The summed E-state index contributed by atoms with van der Waals surface area (Å²) in [6.07, 6.45) is 4.47. The molecule has 5 nitrogen and oxygen atoms in total. The summed E-state index contributed by atoms with van der Waals surface area (Å²) in [6, 6.07) is 0. The molecule has 0 radical (unpaired) electrons. The number of carbonyl (C=O) groups is 1. The van der Waals surface area contributed by atoms with E-state index < -0.39 is 0 Å². The number of nitrogens with one attached hydrogen (secondary N) is 1. The smallest absolute Gasteiger partial charge is 0.232 e. The number of amides is 1. The molecular formula is C14H26N2O3. The van der Waals surface area contributed by atoms with E-state index in [4.69, 9.17) is 9.47 Å². The largest absolute Gasteiger partial charge is 0.384 e. The van der Waals surface area contributed by atoms with E-state index in [1.165, 1.54) is 6.42 Å². The molecule has 2 fully saturated rings. The Balaban J connectivity index is 1.92. The molecule has 110 valence electrons. The van der Waals surface area contributed by atoms with Crippen molar-refractivity contribution in [2.45, 2.75) is 31.8 Å². The lowest BCUT2D eigenvalue weighted by molar-refractivity contribution is -0.145. The van der Waals surface area contributed by atoms with E-state index >= 15 is 0 Å². The molecule has 2 unspecified atom stereocenters. The van der Waals surface area contributed by atoms with Crippen LogP contribution in [0.3, 0.4) is 0 Å². The summed E-state index contributed by atoms with van der Waals surface area (Å²) < 4.78 is 11.0. The minimum absolute atomic E-state index is 0.188. The first-order valence-electron chi connectivity index (χ1n) is 7.25. The lowest BCUT2D eigenvalue weighted by atomic mass is 9.86. The maximum Gasteiger partial charge on any atom is 0.232 e. The number of nitrogens with zero attached hydrogens (tertiary/aromatic N) is 1. The van der Waals surface area contributed by atoms with Gasteiger partial charge in [-0.2, -0.15) is 0 Å². The third-order valence-corrected chi connectivity index (χ3v) is 4.22. The van der Waals surface area contributed by atoms with Crippen molar-refractivity contribution in [1.29, 1.82) is 0 Å². The molecule has 1 N–H and O–H groups in total. The Morgan fingerprint density at radius 1 is 1.53 bits per heavy atom. The van der Waals surface area contributed by atoms with Crippen LogP contribution in [0.1, 0.15) is 25.7 Å². The van der Waals surface area contributed by atoms with Crippen molar-refractivity contribution in [1.82, 2.24) is 10.2 Å². The number of rotatable bonds is 5. The van der Waals surface area contributed by atoms with Crippen molar-refractivity contribution in [3.05, 3.63) is 0 Å². The zero-order valence-corrected chi connectivity index (χ0v) is 12.1. The number of hydrogen-bond donors (Lipinski definition) is 1. The van der Waals surface area contributed by atoms with Gasteiger partial charge < -0.3 is 19.7 Å². The topological polar surface area (TPSA) is 50.8 Å². The average molecular weight is 270 g/mol. The normalized spacial score (nSPS) is 31.4. The molecule has 2 rings (SSSR count). The highest BCUT2D eigenvalue weighted by molar-refractivity contribution is 5.83. The van der Waals surface area contributed by atoms with Crippen LogP contribution in [0.5, 0.6) is 0 Å². The van der Waals surface area contributed by atoms with E-state index in [1.807, 2.05) is 11.9 Å². The van der Waals surface area contributed by atoms with Gasteiger partial charge in [-0.05, 0) is 32.2 Å². The van der Waals surface area contributed by atoms with Crippen LogP contribution in [0.15, 0.2) is 0 Å². The Bertz CT molecular complexity index is 297. The van der Waals surface area contributed by atoms with Crippen LogP contribution in [-0.2, 0) is 14.3 Å². The minimum atomic E-state index is -0.377. The Hall–Kier alpha value is -0.650. The van der Waals surface area contributed by atoms with Gasteiger partial charge in [-0.3, -0.25) is 4.79 Å². The molecular weight excluding hydrogens is 244 g/mol. The van der Waals surface area contributed by atoms with Gasteiger partial charge in [-0.1, -0.05) is 0 Å². The van der Waals surface area contributed by atoms with Crippen LogP contribution < -0.4 is 5.32 Å². The number of likely N-dealkylation sites (N-methyl/N-ethyl adjacent to an activating group) is 1. The molecule has 0 aliphatic carbocycles. The predicted molar refractivity (Wildman–Crippen MR) is 73.0 cm³/mol. The van der Waals surface area contributed by atoms with E-state index in [2.05, 4.69) is 5.32 Å². The molecule has 2 atom stereocenters. The average Bonchev–Trinajstić information content (AvgIpc) is 2.89. The summed E-state index contributed by atoms with van der Waals surface area (Å²) in [5, 5.41) is 3.28. The number of ether oxygens (including phenoxy) is 2. The fourth-order valence-corrected chi connectivity index (χ4v) is 3.13. The highest BCUT2D eigenvalue weighted by Gasteiger charge is 2.43. The number of carbonyl (C=O) groups excluding carboxylic acids is 1. The summed E-state index contributed by atoms with van der Waals surface area (Å²) in [5.74, 6) is 0.188. The molecule has 5 heteroatoms. The SMILES string of the molecule is COCC1(C(=O)N(C)CC2CCCCO2)CCNC1. The van der Waals surface area contributed by atoms with Gasteiger partial charge in [0, 0.05) is 33.9 Å². The molecule has 0 spiro atoms. The van der Waals surface area contributed by atoms with Gasteiger partial charge in [0.05, 0.1) is 18.1 Å². The van der Waals surface area contributed by atoms with Crippen LogP contribution in [0, 0.1) is 5.41 Å². The third-order valence-electron chi connectivity index (χ3n) is 4.22. The van der Waals surface area contributed by atoms with E-state index in [0.717, 1.165) is 39.0 Å². The summed E-state index contributed by atoms with van der Waals surface area (Å²) in [6.45, 7) is 3.63. The summed E-state index contributed by atoms with van der Waals surface area (Å²) in [7, 11) is 3.55. The molecule has 19 heavy (non-hydrogen) atoms.